The highest BCUT2D eigenvalue weighted by Crippen LogP contribution is 2.15. The number of amides is 1. The van der Waals surface area contributed by atoms with Crippen LogP contribution >= 0.6 is 15.9 Å². The first kappa shape index (κ1) is 11.9. The van der Waals surface area contributed by atoms with Gasteiger partial charge in [0.25, 0.3) is 5.91 Å². The zero-order chi connectivity index (χ0) is 12.1. The second kappa shape index (κ2) is 5.63. The summed E-state index contributed by atoms with van der Waals surface area (Å²) in [6.07, 6.45) is 3.08. The van der Waals surface area contributed by atoms with E-state index < -0.39 is 0 Å². The minimum absolute atomic E-state index is 0.0430. The first-order chi connectivity index (χ1) is 8.31. The molecule has 2 aromatic rings. The van der Waals surface area contributed by atoms with E-state index in [1.165, 1.54) is 6.20 Å². The summed E-state index contributed by atoms with van der Waals surface area (Å²) in [5.74, 6) is -0.132. The molecule has 1 heterocycles. The topological polar surface area (TPSA) is 57.8 Å². The molecule has 17 heavy (non-hydrogen) atoms. The van der Waals surface area contributed by atoms with E-state index in [-0.39, 0.29) is 11.9 Å². The molecule has 5 heteroatoms. The largest absolute Gasteiger partial charge is 0.344 e. The molecule has 1 aromatic heterocycles. The lowest BCUT2D eigenvalue weighted by Gasteiger charge is -2.15. The number of alkyl halides is 1. The van der Waals surface area contributed by atoms with Crippen molar-refractivity contribution in [2.75, 3.05) is 5.33 Å². The summed E-state index contributed by atoms with van der Waals surface area (Å²) < 4.78 is 0. The van der Waals surface area contributed by atoms with Crippen molar-refractivity contribution in [3.05, 3.63) is 53.9 Å². The maximum Gasteiger partial charge on any atom is 0.254 e. The van der Waals surface area contributed by atoms with Gasteiger partial charge in [-0.2, -0.15) is 5.10 Å². The van der Waals surface area contributed by atoms with Gasteiger partial charge in [0.1, 0.15) is 0 Å². The second-order valence-electron chi connectivity index (χ2n) is 3.58. The first-order valence-electron chi connectivity index (χ1n) is 5.22. The standard InChI is InChI=1S/C12H12BrN3O/c13-6-11(9-4-2-1-3-5-9)16-12(17)10-7-14-15-8-10/h1-5,7-8,11H,6H2,(H,14,15)(H,16,17). The van der Waals surface area contributed by atoms with Gasteiger partial charge < -0.3 is 5.32 Å². The number of aromatic nitrogens is 2. The average Bonchev–Trinajstić information content (AvgIpc) is 2.90. The van der Waals surface area contributed by atoms with Gasteiger partial charge in [-0.15, -0.1) is 0 Å². The number of halogens is 1. The Balaban J connectivity index is 2.09. The summed E-state index contributed by atoms with van der Waals surface area (Å²) in [7, 11) is 0. The fourth-order valence-electron chi connectivity index (χ4n) is 1.51. The molecular weight excluding hydrogens is 282 g/mol. The van der Waals surface area contributed by atoms with Crippen LogP contribution in [0, 0.1) is 0 Å². The number of H-pyrrole nitrogens is 1. The third-order valence-corrected chi connectivity index (χ3v) is 3.07. The van der Waals surface area contributed by atoms with Crippen LogP contribution in [0.25, 0.3) is 0 Å². The third kappa shape index (κ3) is 2.94. The van der Waals surface area contributed by atoms with Crippen molar-refractivity contribution < 1.29 is 4.79 Å². The Morgan fingerprint density at radius 3 is 2.76 bits per heavy atom. The van der Waals surface area contributed by atoms with Gasteiger partial charge in [0.15, 0.2) is 0 Å². The molecular formula is C12H12BrN3O. The van der Waals surface area contributed by atoms with Crippen LogP contribution in [0.5, 0.6) is 0 Å². The van der Waals surface area contributed by atoms with Crippen LogP contribution < -0.4 is 5.32 Å². The maximum atomic E-state index is 11.9. The number of rotatable bonds is 4. The second-order valence-corrected chi connectivity index (χ2v) is 4.23. The molecule has 2 N–H and O–H groups in total. The molecule has 0 aliphatic rings. The van der Waals surface area contributed by atoms with E-state index >= 15 is 0 Å². The summed E-state index contributed by atoms with van der Waals surface area (Å²) in [4.78, 5) is 11.9. The van der Waals surface area contributed by atoms with Gasteiger partial charge in [-0.1, -0.05) is 46.3 Å². The van der Waals surface area contributed by atoms with Crippen molar-refractivity contribution >= 4 is 21.8 Å². The Labute approximate surface area is 108 Å². The van der Waals surface area contributed by atoms with Crippen LogP contribution in [-0.2, 0) is 0 Å². The molecule has 0 fully saturated rings. The number of nitrogens with one attached hydrogen (secondary N) is 2. The van der Waals surface area contributed by atoms with E-state index in [2.05, 4.69) is 31.4 Å². The van der Waals surface area contributed by atoms with E-state index in [0.29, 0.717) is 10.9 Å². The minimum Gasteiger partial charge on any atom is -0.344 e. The first-order valence-corrected chi connectivity index (χ1v) is 6.34. The average molecular weight is 294 g/mol. The van der Waals surface area contributed by atoms with Crippen molar-refractivity contribution in [2.45, 2.75) is 6.04 Å². The predicted molar refractivity (Wildman–Crippen MR) is 69.0 cm³/mol. The number of hydrogen-bond acceptors (Lipinski definition) is 2. The van der Waals surface area contributed by atoms with Crippen molar-refractivity contribution in [3.8, 4) is 0 Å². The number of aromatic amines is 1. The van der Waals surface area contributed by atoms with Crippen molar-refractivity contribution in [1.82, 2.24) is 15.5 Å². The van der Waals surface area contributed by atoms with Crippen molar-refractivity contribution in [3.63, 3.8) is 0 Å². The Hall–Kier alpha value is -1.62. The minimum atomic E-state index is -0.132. The molecule has 88 valence electrons. The summed E-state index contributed by atoms with van der Waals surface area (Å²) in [5, 5.41) is 9.98. The molecule has 0 saturated carbocycles. The fraction of sp³-hybridized carbons (Fsp3) is 0.167. The smallest absolute Gasteiger partial charge is 0.254 e. The molecule has 4 nitrogen and oxygen atoms in total. The van der Waals surface area contributed by atoms with Gasteiger partial charge in [0.2, 0.25) is 0 Å². The maximum absolute atomic E-state index is 11.9. The molecule has 0 spiro atoms. The van der Waals surface area contributed by atoms with Crippen LogP contribution in [0.1, 0.15) is 22.0 Å². The Morgan fingerprint density at radius 2 is 2.18 bits per heavy atom. The van der Waals surface area contributed by atoms with Gasteiger partial charge in [-0.25, -0.2) is 0 Å². The van der Waals surface area contributed by atoms with Crippen LogP contribution in [0.2, 0.25) is 0 Å². The zero-order valence-corrected chi connectivity index (χ0v) is 10.6. The lowest BCUT2D eigenvalue weighted by molar-refractivity contribution is 0.0941. The summed E-state index contributed by atoms with van der Waals surface area (Å²) >= 11 is 3.41. The van der Waals surface area contributed by atoms with E-state index in [0.717, 1.165) is 5.56 Å². The number of carbonyl (C=O) groups is 1. The Morgan fingerprint density at radius 1 is 1.41 bits per heavy atom. The quantitative estimate of drug-likeness (QED) is 0.850. The van der Waals surface area contributed by atoms with Crippen LogP contribution in [-0.4, -0.2) is 21.4 Å². The lowest BCUT2D eigenvalue weighted by atomic mass is 10.1. The van der Waals surface area contributed by atoms with Crippen LogP contribution in [0.15, 0.2) is 42.7 Å². The molecule has 0 aliphatic heterocycles. The Kier molecular flexibility index (Phi) is 3.93. The molecule has 1 unspecified atom stereocenters. The van der Waals surface area contributed by atoms with E-state index in [1.807, 2.05) is 30.3 Å². The molecule has 1 amide bonds. The number of benzene rings is 1. The number of carbonyl (C=O) groups excluding carboxylic acids is 1. The third-order valence-electron chi connectivity index (χ3n) is 2.42. The normalized spacial score (nSPS) is 12.1. The molecule has 1 aromatic carbocycles. The monoisotopic (exact) mass is 293 g/mol. The SMILES string of the molecule is O=C(NC(CBr)c1ccccc1)c1cn[nH]c1. The molecule has 2 rings (SSSR count). The fourth-order valence-corrected chi connectivity index (χ4v) is 2.05. The summed E-state index contributed by atoms with van der Waals surface area (Å²) in [5.41, 5.74) is 1.60. The molecule has 0 saturated heterocycles. The van der Waals surface area contributed by atoms with Crippen molar-refractivity contribution in [1.29, 1.82) is 0 Å². The van der Waals surface area contributed by atoms with E-state index in [1.54, 1.807) is 6.20 Å². The molecule has 0 aliphatic carbocycles. The van der Waals surface area contributed by atoms with Gasteiger partial charge in [-0.3, -0.25) is 9.89 Å². The van der Waals surface area contributed by atoms with Crippen LogP contribution in [0.4, 0.5) is 0 Å². The van der Waals surface area contributed by atoms with E-state index in [4.69, 9.17) is 0 Å². The van der Waals surface area contributed by atoms with Crippen LogP contribution in [0.3, 0.4) is 0 Å². The van der Waals surface area contributed by atoms with Gasteiger partial charge >= 0.3 is 0 Å². The molecule has 0 radical (unpaired) electrons. The molecule has 0 bridgehead atoms. The number of hydrogen-bond donors (Lipinski definition) is 2. The van der Waals surface area contributed by atoms with Gasteiger partial charge in [0.05, 0.1) is 17.8 Å². The highest BCUT2D eigenvalue weighted by atomic mass is 79.9. The number of nitrogens with zero attached hydrogens (tertiary/aromatic N) is 1. The Bertz CT molecular complexity index is 470. The summed E-state index contributed by atoms with van der Waals surface area (Å²) in [6.45, 7) is 0. The summed E-state index contributed by atoms with van der Waals surface area (Å²) in [6, 6.07) is 9.79. The lowest BCUT2D eigenvalue weighted by Crippen LogP contribution is -2.29. The predicted octanol–water partition coefficient (Wildman–Crippen LogP) is 2.28. The van der Waals surface area contributed by atoms with E-state index in [9.17, 15) is 4.79 Å². The highest BCUT2D eigenvalue weighted by molar-refractivity contribution is 9.09. The van der Waals surface area contributed by atoms with Gasteiger partial charge in [0, 0.05) is 11.5 Å². The molecule has 1 atom stereocenters. The van der Waals surface area contributed by atoms with Crippen molar-refractivity contribution in [2.24, 2.45) is 0 Å². The van der Waals surface area contributed by atoms with Gasteiger partial charge in [-0.05, 0) is 5.56 Å². The zero-order valence-electron chi connectivity index (χ0n) is 9.06. The highest BCUT2D eigenvalue weighted by Gasteiger charge is 2.14.